The summed E-state index contributed by atoms with van der Waals surface area (Å²) in [5.74, 6) is 0.909. The molecule has 0 radical (unpaired) electrons. The van der Waals surface area contributed by atoms with Crippen LogP contribution in [-0.2, 0) is 10.8 Å². The first-order chi connectivity index (χ1) is 8.54. The van der Waals surface area contributed by atoms with Crippen molar-refractivity contribution in [2.24, 2.45) is 0 Å². The Morgan fingerprint density at radius 2 is 2.28 bits per heavy atom. The third kappa shape index (κ3) is 4.62. The molecule has 0 spiro atoms. The fraction of sp³-hybridized carbons (Fsp3) is 0.455. The maximum absolute atomic E-state index is 11.9. The summed E-state index contributed by atoms with van der Waals surface area (Å²) in [6, 6.07) is 1.59. The van der Waals surface area contributed by atoms with Crippen molar-refractivity contribution in [2.75, 3.05) is 30.9 Å². The maximum atomic E-state index is 11.9. The van der Waals surface area contributed by atoms with Crippen LogP contribution in [0.4, 0.5) is 5.82 Å². The summed E-state index contributed by atoms with van der Waals surface area (Å²) in [6.45, 7) is 0.478. The number of hydrogen-bond acceptors (Lipinski definition) is 4. The molecule has 100 valence electrons. The number of anilines is 1. The third-order valence-electron chi connectivity index (χ3n) is 2.25. The highest BCUT2D eigenvalue weighted by Crippen LogP contribution is 2.17. The van der Waals surface area contributed by atoms with Gasteiger partial charge in [-0.15, -0.1) is 0 Å². The van der Waals surface area contributed by atoms with Crippen LogP contribution in [0.25, 0.3) is 0 Å². The zero-order valence-corrected chi connectivity index (χ0v) is 11.9. The number of pyridine rings is 1. The first-order valence-electron chi connectivity index (χ1n) is 5.46. The van der Waals surface area contributed by atoms with Crippen LogP contribution in [-0.4, -0.2) is 40.7 Å². The van der Waals surface area contributed by atoms with E-state index in [9.17, 15) is 9.00 Å². The smallest absolute Gasteiger partial charge is 0.252 e. The molecule has 1 heterocycles. The van der Waals surface area contributed by atoms with E-state index in [2.05, 4.69) is 15.6 Å². The Morgan fingerprint density at radius 1 is 1.56 bits per heavy atom. The Labute approximate surface area is 114 Å². The van der Waals surface area contributed by atoms with E-state index < -0.39 is 10.8 Å². The predicted octanol–water partition coefficient (Wildman–Crippen LogP) is 1.28. The van der Waals surface area contributed by atoms with Gasteiger partial charge in [-0.1, -0.05) is 11.6 Å². The molecule has 0 saturated heterocycles. The molecule has 0 fully saturated rings. The Morgan fingerprint density at radius 3 is 2.89 bits per heavy atom. The molecule has 0 aromatic carbocycles. The predicted molar refractivity (Wildman–Crippen MR) is 74.7 cm³/mol. The lowest BCUT2D eigenvalue weighted by Gasteiger charge is -2.07. The van der Waals surface area contributed by atoms with Crippen molar-refractivity contribution >= 4 is 34.1 Å². The number of halogens is 1. The zero-order chi connectivity index (χ0) is 13.5. The summed E-state index contributed by atoms with van der Waals surface area (Å²) in [5, 5.41) is 5.89. The summed E-state index contributed by atoms with van der Waals surface area (Å²) >= 11 is 5.91. The van der Waals surface area contributed by atoms with Crippen molar-refractivity contribution in [1.29, 1.82) is 0 Å². The standard InChI is InChI=1S/C11H16ClN3O2S/c1-13-10-6-8(9(12)7-15-10)11(16)14-4-3-5-18(2)17/h6-7H,3-5H2,1-2H3,(H,13,15)(H,14,16). The molecule has 1 rings (SSSR count). The molecule has 1 atom stereocenters. The van der Waals surface area contributed by atoms with Gasteiger partial charge in [-0.05, 0) is 12.5 Å². The minimum absolute atomic E-state index is 0.249. The number of hydrogen-bond donors (Lipinski definition) is 2. The number of carbonyl (C=O) groups is 1. The number of amides is 1. The van der Waals surface area contributed by atoms with Crippen LogP contribution in [0.3, 0.4) is 0 Å². The molecule has 2 N–H and O–H groups in total. The molecule has 5 nitrogen and oxygen atoms in total. The van der Waals surface area contributed by atoms with Crippen LogP contribution < -0.4 is 10.6 Å². The highest BCUT2D eigenvalue weighted by Gasteiger charge is 2.11. The number of nitrogens with zero attached hydrogens (tertiary/aromatic N) is 1. The molecule has 1 unspecified atom stereocenters. The van der Waals surface area contributed by atoms with Gasteiger partial charge in [-0.2, -0.15) is 0 Å². The van der Waals surface area contributed by atoms with Crippen molar-refractivity contribution in [1.82, 2.24) is 10.3 Å². The van der Waals surface area contributed by atoms with E-state index >= 15 is 0 Å². The van der Waals surface area contributed by atoms with Gasteiger partial charge in [0.25, 0.3) is 5.91 Å². The van der Waals surface area contributed by atoms with Crippen molar-refractivity contribution in [3.05, 3.63) is 22.8 Å². The second-order valence-corrected chi connectivity index (χ2v) is 5.65. The Hall–Kier alpha value is -1.14. The average Bonchev–Trinajstić information content (AvgIpc) is 2.34. The third-order valence-corrected chi connectivity index (χ3v) is 3.42. The number of aromatic nitrogens is 1. The number of nitrogens with one attached hydrogen (secondary N) is 2. The first kappa shape index (κ1) is 14.9. The average molecular weight is 290 g/mol. The van der Waals surface area contributed by atoms with E-state index in [-0.39, 0.29) is 5.91 Å². The van der Waals surface area contributed by atoms with Crippen LogP contribution in [0, 0.1) is 0 Å². The molecule has 0 aliphatic heterocycles. The topological polar surface area (TPSA) is 71.1 Å². The second kappa shape index (κ2) is 7.33. The Bertz CT molecular complexity index is 454. The van der Waals surface area contributed by atoms with Gasteiger partial charge in [0.1, 0.15) is 5.82 Å². The van der Waals surface area contributed by atoms with E-state index in [1.165, 1.54) is 6.20 Å². The van der Waals surface area contributed by atoms with Gasteiger partial charge in [-0.25, -0.2) is 4.98 Å². The van der Waals surface area contributed by atoms with E-state index in [1.807, 2.05) is 0 Å². The summed E-state index contributed by atoms with van der Waals surface area (Å²) in [4.78, 5) is 15.8. The van der Waals surface area contributed by atoms with Gasteiger partial charge in [0.05, 0.1) is 10.6 Å². The van der Waals surface area contributed by atoms with E-state index in [0.29, 0.717) is 35.1 Å². The van der Waals surface area contributed by atoms with Crippen molar-refractivity contribution in [2.45, 2.75) is 6.42 Å². The summed E-state index contributed by atoms with van der Waals surface area (Å²) in [5.41, 5.74) is 0.383. The highest BCUT2D eigenvalue weighted by molar-refractivity contribution is 7.84. The molecule has 1 amide bonds. The van der Waals surface area contributed by atoms with Crippen LogP contribution in [0.15, 0.2) is 12.3 Å². The molecule has 0 saturated carbocycles. The molecule has 0 aliphatic carbocycles. The van der Waals surface area contributed by atoms with Crippen LogP contribution >= 0.6 is 11.6 Å². The van der Waals surface area contributed by atoms with Gasteiger partial charge < -0.3 is 10.6 Å². The van der Waals surface area contributed by atoms with Crippen molar-refractivity contribution in [3.8, 4) is 0 Å². The van der Waals surface area contributed by atoms with Gasteiger partial charge in [0, 0.05) is 42.6 Å². The lowest BCUT2D eigenvalue weighted by atomic mass is 10.2. The molecule has 0 bridgehead atoms. The molecule has 1 aromatic heterocycles. The van der Waals surface area contributed by atoms with Gasteiger partial charge in [-0.3, -0.25) is 9.00 Å². The minimum atomic E-state index is -0.832. The monoisotopic (exact) mass is 289 g/mol. The molecular formula is C11H16ClN3O2S. The van der Waals surface area contributed by atoms with Gasteiger partial charge in [0.15, 0.2) is 0 Å². The largest absolute Gasteiger partial charge is 0.373 e. The molecule has 1 aromatic rings. The van der Waals surface area contributed by atoms with Crippen molar-refractivity contribution < 1.29 is 9.00 Å². The summed E-state index contributed by atoms with van der Waals surface area (Å²) < 4.78 is 10.9. The second-order valence-electron chi connectivity index (χ2n) is 3.69. The normalized spacial score (nSPS) is 11.9. The summed E-state index contributed by atoms with van der Waals surface area (Å²) in [7, 11) is 0.885. The maximum Gasteiger partial charge on any atom is 0.252 e. The molecule has 0 aliphatic rings. The van der Waals surface area contributed by atoms with Crippen molar-refractivity contribution in [3.63, 3.8) is 0 Å². The van der Waals surface area contributed by atoms with E-state index in [0.717, 1.165) is 0 Å². The number of rotatable bonds is 6. The Balaban J connectivity index is 2.58. The molecular weight excluding hydrogens is 274 g/mol. The first-order valence-corrected chi connectivity index (χ1v) is 7.56. The van der Waals surface area contributed by atoms with Crippen LogP contribution in [0.5, 0.6) is 0 Å². The SMILES string of the molecule is CNc1cc(C(=O)NCCCS(C)=O)c(Cl)cn1. The quantitative estimate of drug-likeness (QED) is 0.774. The highest BCUT2D eigenvalue weighted by atomic mass is 35.5. The fourth-order valence-electron chi connectivity index (χ4n) is 1.32. The molecule has 7 heteroatoms. The molecule has 18 heavy (non-hydrogen) atoms. The van der Waals surface area contributed by atoms with Gasteiger partial charge >= 0.3 is 0 Å². The van der Waals surface area contributed by atoms with Gasteiger partial charge in [0.2, 0.25) is 0 Å². The van der Waals surface area contributed by atoms with Crippen LogP contribution in [0.1, 0.15) is 16.8 Å². The van der Waals surface area contributed by atoms with E-state index in [1.54, 1.807) is 19.4 Å². The number of carbonyl (C=O) groups excluding carboxylic acids is 1. The Kier molecular flexibility index (Phi) is 6.07. The van der Waals surface area contributed by atoms with Crippen LogP contribution in [0.2, 0.25) is 5.02 Å². The van der Waals surface area contributed by atoms with E-state index in [4.69, 9.17) is 11.6 Å². The summed E-state index contributed by atoms with van der Waals surface area (Å²) in [6.07, 6.45) is 3.75. The lowest BCUT2D eigenvalue weighted by molar-refractivity contribution is 0.0954. The fourth-order valence-corrected chi connectivity index (χ4v) is 2.06. The zero-order valence-electron chi connectivity index (χ0n) is 10.3. The minimum Gasteiger partial charge on any atom is -0.373 e. The lowest BCUT2D eigenvalue weighted by Crippen LogP contribution is -2.25.